The number of aryl methyl sites for hydroxylation is 1. The van der Waals surface area contributed by atoms with Gasteiger partial charge in [0.05, 0.1) is 30.6 Å². The third kappa shape index (κ3) is 8.52. The molecule has 1 amide bonds. The monoisotopic (exact) mass is 641 g/mol. The second-order valence-electron chi connectivity index (χ2n) is 12.9. The van der Waals surface area contributed by atoms with Gasteiger partial charge in [0, 0.05) is 24.7 Å². The molecule has 0 spiro atoms. The third-order valence-corrected chi connectivity index (χ3v) is 9.46. The fourth-order valence-electron chi connectivity index (χ4n) is 6.99. The quantitative estimate of drug-likeness (QED) is 0.146. The number of benzene rings is 3. The zero-order chi connectivity index (χ0) is 32.6. The zero-order valence-electron chi connectivity index (χ0n) is 27.1. The molecule has 3 N–H and O–H groups in total. The number of rotatable bonds is 13. The molecule has 1 aromatic heterocycles. The van der Waals surface area contributed by atoms with Crippen LogP contribution in [-0.4, -0.2) is 39.7 Å². The molecule has 0 aliphatic heterocycles. The number of fused-ring (bicyclic) bond motifs is 1. The Morgan fingerprint density at radius 1 is 1.04 bits per heavy atom. The van der Waals surface area contributed by atoms with E-state index in [0.29, 0.717) is 55.8 Å². The lowest BCUT2D eigenvalue weighted by molar-refractivity contribution is -0.118. The number of hydrogen-bond acceptors (Lipinski definition) is 5. The summed E-state index contributed by atoms with van der Waals surface area (Å²) in [6.45, 7) is 3.34. The number of carbonyl (C=O) groups excluding carboxylic acids is 1. The van der Waals surface area contributed by atoms with E-state index in [1.165, 1.54) is 24.5 Å². The molecule has 2 aliphatic carbocycles. The van der Waals surface area contributed by atoms with E-state index in [0.717, 1.165) is 36.6 Å². The maximum atomic E-state index is 14.5. The molecular formula is C38H45F2N5O2. The SMILES string of the molecule is CCC[C@@H](N[C@H]1CCc2cc(F)cc(F)c2C1)C(=O)Nc1cn(-c2ccccc2CN[C@@H]2CCCC[C@H]2OCc2ccccc2)cn1. The van der Waals surface area contributed by atoms with Gasteiger partial charge in [0.2, 0.25) is 5.91 Å². The van der Waals surface area contributed by atoms with Gasteiger partial charge in [0.15, 0.2) is 5.82 Å². The van der Waals surface area contributed by atoms with Crippen molar-refractivity contribution in [3.8, 4) is 5.69 Å². The Kier molecular flexibility index (Phi) is 11.1. The number of amides is 1. The maximum Gasteiger partial charge on any atom is 0.242 e. The van der Waals surface area contributed by atoms with E-state index < -0.39 is 17.7 Å². The number of aromatic nitrogens is 2. The van der Waals surface area contributed by atoms with Crippen molar-refractivity contribution < 1.29 is 18.3 Å². The van der Waals surface area contributed by atoms with Crippen molar-refractivity contribution in [2.24, 2.45) is 0 Å². The van der Waals surface area contributed by atoms with E-state index >= 15 is 0 Å². The molecule has 248 valence electrons. The minimum atomic E-state index is -0.545. The van der Waals surface area contributed by atoms with Crippen molar-refractivity contribution >= 4 is 11.7 Å². The summed E-state index contributed by atoms with van der Waals surface area (Å²) in [6, 6.07) is 20.6. The molecule has 0 bridgehead atoms. The Hall–Kier alpha value is -3.92. The second-order valence-corrected chi connectivity index (χ2v) is 12.9. The molecule has 3 aromatic carbocycles. The first-order valence-electron chi connectivity index (χ1n) is 17.0. The Morgan fingerprint density at radius 2 is 1.85 bits per heavy atom. The summed E-state index contributed by atoms with van der Waals surface area (Å²) in [7, 11) is 0. The molecule has 7 nitrogen and oxygen atoms in total. The number of anilines is 1. The molecule has 6 rings (SSSR count). The van der Waals surface area contributed by atoms with Crippen molar-refractivity contribution in [1.82, 2.24) is 20.2 Å². The highest BCUT2D eigenvalue weighted by Crippen LogP contribution is 2.27. The summed E-state index contributed by atoms with van der Waals surface area (Å²) in [5, 5.41) is 10.2. The summed E-state index contributed by atoms with van der Waals surface area (Å²) in [6.07, 6.45) is 11.4. The molecule has 47 heavy (non-hydrogen) atoms. The molecule has 1 heterocycles. The normalized spacial score (nSPS) is 20.0. The van der Waals surface area contributed by atoms with Crippen LogP contribution in [-0.2, 0) is 35.5 Å². The van der Waals surface area contributed by atoms with Crippen molar-refractivity contribution in [2.45, 2.75) is 102 Å². The Bertz CT molecular complexity index is 1630. The van der Waals surface area contributed by atoms with Crippen LogP contribution in [0.1, 0.15) is 74.1 Å². The lowest BCUT2D eigenvalue weighted by Crippen LogP contribution is -2.48. The molecule has 1 saturated carbocycles. The summed E-state index contributed by atoms with van der Waals surface area (Å²) < 4.78 is 36.5. The molecular weight excluding hydrogens is 596 g/mol. The van der Waals surface area contributed by atoms with E-state index in [1.54, 1.807) is 6.33 Å². The summed E-state index contributed by atoms with van der Waals surface area (Å²) in [4.78, 5) is 17.9. The number of para-hydroxylation sites is 1. The van der Waals surface area contributed by atoms with E-state index in [2.05, 4.69) is 45.2 Å². The van der Waals surface area contributed by atoms with Gasteiger partial charge in [-0.2, -0.15) is 0 Å². The Labute approximate surface area is 276 Å². The van der Waals surface area contributed by atoms with Crippen LogP contribution >= 0.6 is 0 Å². The number of carbonyl (C=O) groups is 1. The van der Waals surface area contributed by atoms with Crippen LogP contribution in [0.2, 0.25) is 0 Å². The van der Waals surface area contributed by atoms with Gasteiger partial charge < -0.3 is 25.3 Å². The molecule has 9 heteroatoms. The van der Waals surface area contributed by atoms with Crippen molar-refractivity contribution in [1.29, 1.82) is 0 Å². The molecule has 0 radical (unpaired) electrons. The summed E-state index contributed by atoms with van der Waals surface area (Å²) in [5.74, 6) is -0.760. The van der Waals surface area contributed by atoms with Gasteiger partial charge in [0.25, 0.3) is 0 Å². The smallest absolute Gasteiger partial charge is 0.242 e. The first-order chi connectivity index (χ1) is 23.0. The zero-order valence-corrected chi connectivity index (χ0v) is 27.1. The van der Waals surface area contributed by atoms with Gasteiger partial charge in [-0.25, -0.2) is 13.8 Å². The highest BCUT2D eigenvalue weighted by atomic mass is 19.1. The minimum absolute atomic E-state index is 0.0748. The number of halogens is 2. The van der Waals surface area contributed by atoms with E-state index in [9.17, 15) is 13.6 Å². The molecule has 4 aromatic rings. The van der Waals surface area contributed by atoms with Gasteiger partial charge >= 0.3 is 0 Å². The fraction of sp³-hybridized carbons (Fsp3) is 0.421. The number of imidazole rings is 1. The van der Waals surface area contributed by atoms with Gasteiger partial charge in [-0.3, -0.25) is 4.79 Å². The van der Waals surface area contributed by atoms with Gasteiger partial charge in [-0.05, 0) is 72.9 Å². The van der Waals surface area contributed by atoms with Crippen molar-refractivity contribution in [2.75, 3.05) is 5.32 Å². The lowest BCUT2D eigenvalue weighted by Gasteiger charge is -2.32. The third-order valence-electron chi connectivity index (χ3n) is 9.46. The van der Waals surface area contributed by atoms with Crippen LogP contribution in [0.25, 0.3) is 5.69 Å². The van der Waals surface area contributed by atoms with Gasteiger partial charge in [0.1, 0.15) is 18.0 Å². The van der Waals surface area contributed by atoms with Crippen LogP contribution in [0, 0.1) is 11.6 Å². The number of hydrogen-bond donors (Lipinski definition) is 3. The van der Waals surface area contributed by atoms with E-state index in [4.69, 9.17) is 4.74 Å². The molecule has 2 aliphatic rings. The predicted octanol–water partition coefficient (Wildman–Crippen LogP) is 7.02. The van der Waals surface area contributed by atoms with Crippen LogP contribution in [0.4, 0.5) is 14.6 Å². The fourth-order valence-corrected chi connectivity index (χ4v) is 6.99. The highest BCUT2D eigenvalue weighted by Gasteiger charge is 2.28. The Balaban J connectivity index is 1.07. The van der Waals surface area contributed by atoms with Crippen molar-refractivity contribution in [3.05, 3.63) is 113 Å². The minimum Gasteiger partial charge on any atom is -0.372 e. The highest BCUT2D eigenvalue weighted by molar-refractivity contribution is 5.94. The van der Waals surface area contributed by atoms with E-state index in [-0.39, 0.29) is 24.1 Å². The first kappa shape index (κ1) is 33.0. The summed E-state index contributed by atoms with van der Waals surface area (Å²) in [5.41, 5.74) is 4.57. The molecule has 0 unspecified atom stereocenters. The van der Waals surface area contributed by atoms with Crippen LogP contribution in [0.3, 0.4) is 0 Å². The van der Waals surface area contributed by atoms with E-state index in [1.807, 2.05) is 48.0 Å². The number of nitrogens with zero attached hydrogens (tertiary/aromatic N) is 2. The lowest BCUT2D eigenvalue weighted by atomic mass is 9.87. The summed E-state index contributed by atoms with van der Waals surface area (Å²) >= 11 is 0. The van der Waals surface area contributed by atoms with Crippen LogP contribution in [0.5, 0.6) is 0 Å². The maximum absolute atomic E-state index is 14.5. The number of nitrogens with one attached hydrogen (secondary N) is 3. The predicted molar refractivity (Wildman–Crippen MR) is 180 cm³/mol. The Morgan fingerprint density at radius 3 is 2.70 bits per heavy atom. The average Bonchev–Trinajstić information content (AvgIpc) is 3.55. The largest absolute Gasteiger partial charge is 0.372 e. The molecule has 4 atom stereocenters. The second kappa shape index (κ2) is 15.8. The topological polar surface area (TPSA) is 80.2 Å². The van der Waals surface area contributed by atoms with Gasteiger partial charge in [-0.15, -0.1) is 0 Å². The van der Waals surface area contributed by atoms with Crippen LogP contribution in [0.15, 0.2) is 79.3 Å². The van der Waals surface area contributed by atoms with Gasteiger partial charge in [-0.1, -0.05) is 74.7 Å². The molecule has 1 fully saturated rings. The standard InChI is InChI=1S/C38H45F2N5O2/c1-2-10-34(43-30-18-17-27-19-29(39)20-32(40)31(27)21-30)38(46)44-37-23-45(25-42-37)35-15-8-6-13-28(35)22-41-33-14-7-9-16-36(33)47-24-26-11-4-3-5-12-26/h3-6,8,11-13,15,19-20,23,25,30,33-34,36,41,43H,2,7,9-10,14,16-18,21-22,24H2,1H3,(H,44,46)/t30-,33+,34+,36+/m0/s1. The number of ether oxygens (including phenoxy) is 1. The first-order valence-corrected chi connectivity index (χ1v) is 17.0. The average molecular weight is 642 g/mol. The van der Waals surface area contributed by atoms with Crippen molar-refractivity contribution in [3.63, 3.8) is 0 Å². The molecule has 0 saturated heterocycles. The van der Waals surface area contributed by atoms with Crippen LogP contribution < -0.4 is 16.0 Å².